The number of para-hydroxylation sites is 2. The third-order valence-electron chi connectivity index (χ3n) is 5.78. The summed E-state index contributed by atoms with van der Waals surface area (Å²) in [7, 11) is 0. The highest BCUT2D eigenvalue weighted by Crippen LogP contribution is 2.27. The van der Waals surface area contributed by atoms with Crippen molar-refractivity contribution in [3.8, 4) is 0 Å². The minimum absolute atomic E-state index is 0.0409. The molecule has 1 aliphatic rings. The molecule has 0 saturated carbocycles. The van der Waals surface area contributed by atoms with Crippen molar-refractivity contribution >= 4 is 27.8 Å². The van der Waals surface area contributed by atoms with Gasteiger partial charge in [0.1, 0.15) is 11.4 Å². The van der Waals surface area contributed by atoms with Crippen LogP contribution < -0.4 is 5.56 Å². The van der Waals surface area contributed by atoms with E-state index in [1.807, 2.05) is 37.3 Å². The molecular formula is C24H23N3O4. The Hall–Kier alpha value is -3.45. The Morgan fingerprint density at radius 1 is 1.16 bits per heavy atom. The van der Waals surface area contributed by atoms with Crippen molar-refractivity contribution in [1.29, 1.82) is 0 Å². The van der Waals surface area contributed by atoms with E-state index in [0.29, 0.717) is 41.2 Å². The molecule has 2 aromatic heterocycles. The molecule has 0 bridgehead atoms. The lowest BCUT2D eigenvalue weighted by molar-refractivity contribution is 0.0479. The molecule has 1 aliphatic heterocycles. The summed E-state index contributed by atoms with van der Waals surface area (Å²) in [5.41, 5.74) is 1.87. The number of H-pyrrole nitrogens is 1. The third-order valence-corrected chi connectivity index (χ3v) is 5.78. The molecule has 0 aliphatic carbocycles. The van der Waals surface area contributed by atoms with Gasteiger partial charge in [0, 0.05) is 24.1 Å². The number of fused-ring (bicyclic) bond motifs is 2. The van der Waals surface area contributed by atoms with Gasteiger partial charge in [-0.25, -0.2) is 4.98 Å². The fourth-order valence-corrected chi connectivity index (χ4v) is 4.17. The molecule has 7 nitrogen and oxygen atoms in total. The Bertz CT molecular complexity index is 1320. The predicted octanol–water partition coefficient (Wildman–Crippen LogP) is 3.80. The number of rotatable bonds is 5. The van der Waals surface area contributed by atoms with Gasteiger partial charge in [0.25, 0.3) is 11.5 Å². The Morgan fingerprint density at radius 3 is 2.71 bits per heavy atom. The molecule has 0 radical (unpaired) electrons. The summed E-state index contributed by atoms with van der Waals surface area (Å²) in [6.45, 7) is 3.15. The van der Waals surface area contributed by atoms with Crippen LogP contribution >= 0.6 is 0 Å². The first-order valence-electron chi connectivity index (χ1n) is 10.5. The SMILES string of the molecule is Cc1c(C(=O)N(Cc2nc3ccccc3c(=O)[nH]2)CC2CCCO2)oc2ccccc12. The highest BCUT2D eigenvalue weighted by atomic mass is 16.5. The zero-order valence-electron chi connectivity index (χ0n) is 17.3. The summed E-state index contributed by atoms with van der Waals surface area (Å²) < 4.78 is 11.7. The molecule has 2 aromatic carbocycles. The van der Waals surface area contributed by atoms with Crippen LogP contribution in [-0.4, -0.2) is 40.0 Å². The first-order chi connectivity index (χ1) is 15.1. The number of nitrogens with zero attached hydrogens (tertiary/aromatic N) is 2. The van der Waals surface area contributed by atoms with Gasteiger partial charge in [0.15, 0.2) is 5.76 Å². The molecule has 1 fully saturated rings. The van der Waals surface area contributed by atoms with E-state index in [1.54, 1.807) is 23.1 Å². The van der Waals surface area contributed by atoms with Gasteiger partial charge in [0.05, 0.1) is 23.6 Å². The molecule has 1 unspecified atom stereocenters. The monoisotopic (exact) mass is 417 g/mol. The molecule has 158 valence electrons. The second-order valence-corrected chi connectivity index (χ2v) is 7.90. The van der Waals surface area contributed by atoms with E-state index in [2.05, 4.69) is 9.97 Å². The molecule has 1 N–H and O–H groups in total. The summed E-state index contributed by atoms with van der Waals surface area (Å²) in [4.78, 5) is 35.1. The number of furan rings is 1. The standard InChI is InChI=1S/C24H23N3O4/c1-15-17-8-3-5-11-20(17)31-22(15)24(29)27(13-16-7-6-12-30-16)14-21-25-19-10-4-2-9-18(19)23(28)26-21/h2-5,8-11,16H,6-7,12-14H2,1H3,(H,25,26,28). The van der Waals surface area contributed by atoms with Gasteiger partial charge < -0.3 is 19.0 Å². The molecule has 7 heteroatoms. The van der Waals surface area contributed by atoms with Gasteiger partial charge >= 0.3 is 0 Å². The number of carbonyl (C=O) groups excluding carboxylic acids is 1. The normalized spacial score (nSPS) is 16.2. The lowest BCUT2D eigenvalue weighted by atomic mass is 10.1. The highest BCUT2D eigenvalue weighted by Gasteiger charge is 2.28. The third kappa shape index (κ3) is 3.72. The number of nitrogens with one attached hydrogen (secondary N) is 1. The second kappa shape index (κ2) is 8.00. The maximum atomic E-state index is 13.5. The number of hydrogen-bond donors (Lipinski definition) is 1. The summed E-state index contributed by atoms with van der Waals surface area (Å²) in [6.07, 6.45) is 1.83. The zero-order valence-corrected chi connectivity index (χ0v) is 17.3. The second-order valence-electron chi connectivity index (χ2n) is 7.90. The topological polar surface area (TPSA) is 88.4 Å². The highest BCUT2D eigenvalue weighted by molar-refractivity contribution is 5.98. The van der Waals surface area contributed by atoms with Crippen LogP contribution in [0.1, 0.15) is 34.8 Å². The van der Waals surface area contributed by atoms with Gasteiger partial charge in [0.2, 0.25) is 0 Å². The van der Waals surface area contributed by atoms with Crippen LogP contribution in [-0.2, 0) is 11.3 Å². The van der Waals surface area contributed by atoms with E-state index in [-0.39, 0.29) is 24.1 Å². The maximum absolute atomic E-state index is 13.5. The summed E-state index contributed by atoms with van der Waals surface area (Å²) in [6, 6.07) is 14.8. The average Bonchev–Trinajstić information content (AvgIpc) is 3.41. The minimum atomic E-state index is -0.236. The van der Waals surface area contributed by atoms with E-state index < -0.39 is 0 Å². The van der Waals surface area contributed by atoms with E-state index in [0.717, 1.165) is 23.8 Å². The summed E-state index contributed by atoms with van der Waals surface area (Å²) in [5.74, 6) is 0.506. The van der Waals surface area contributed by atoms with Gasteiger partial charge in [-0.2, -0.15) is 0 Å². The van der Waals surface area contributed by atoms with Crippen molar-refractivity contribution in [3.05, 3.63) is 76.0 Å². The van der Waals surface area contributed by atoms with Gasteiger partial charge in [-0.3, -0.25) is 9.59 Å². The molecule has 5 rings (SSSR count). The molecule has 31 heavy (non-hydrogen) atoms. The molecule has 1 amide bonds. The molecule has 4 aromatic rings. The molecule has 3 heterocycles. The Balaban J connectivity index is 1.51. The first-order valence-corrected chi connectivity index (χ1v) is 10.5. The van der Waals surface area contributed by atoms with Crippen molar-refractivity contribution in [2.24, 2.45) is 0 Å². The number of aromatic nitrogens is 2. The number of aromatic amines is 1. The molecular weight excluding hydrogens is 394 g/mol. The van der Waals surface area contributed by atoms with Crippen LogP contribution in [0.5, 0.6) is 0 Å². The smallest absolute Gasteiger partial charge is 0.290 e. The van der Waals surface area contributed by atoms with Crippen molar-refractivity contribution in [2.75, 3.05) is 13.2 Å². The maximum Gasteiger partial charge on any atom is 0.290 e. The number of ether oxygens (including phenoxy) is 1. The van der Waals surface area contributed by atoms with Crippen LogP contribution in [0.25, 0.3) is 21.9 Å². The van der Waals surface area contributed by atoms with E-state index >= 15 is 0 Å². The molecule has 1 saturated heterocycles. The van der Waals surface area contributed by atoms with Crippen LogP contribution in [0.3, 0.4) is 0 Å². The fraction of sp³-hybridized carbons (Fsp3) is 0.292. The van der Waals surface area contributed by atoms with Crippen LogP contribution in [0.15, 0.2) is 57.7 Å². The average molecular weight is 417 g/mol. The first kappa shape index (κ1) is 19.5. The summed E-state index contributed by atoms with van der Waals surface area (Å²) >= 11 is 0. The number of carbonyl (C=O) groups is 1. The van der Waals surface area contributed by atoms with Gasteiger partial charge in [-0.05, 0) is 38.0 Å². The van der Waals surface area contributed by atoms with Crippen molar-refractivity contribution < 1.29 is 13.9 Å². The van der Waals surface area contributed by atoms with E-state index in [4.69, 9.17) is 9.15 Å². The van der Waals surface area contributed by atoms with Crippen LogP contribution in [0.4, 0.5) is 0 Å². The molecule has 0 spiro atoms. The van der Waals surface area contributed by atoms with Crippen molar-refractivity contribution in [1.82, 2.24) is 14.9 Å². The lowest BCUT2D eigenvalue weighted by Gasteiger charge is -2.24. The van der Waals surface area contributed by atoms with Gasteiger partial charge in [-0.1, -0.05) is 30.3 Å². The quantitative estimate of drug-likeness (QED) is 0.534. The number of hydrogen-bond acceptors (Lipinski definition) is 5. The van der Waals surface area contributed by atoms with Crippen LogP contribution in [0.2, 0.25) is 0 Å². The van der Waals surface area contributed by atoms with Crippen molar-refractivity contribution in [3.63, 3.8) is 0 Å². The number of amides is 1. The Kier molecular flexibility index (Phi) is 5.03. The Labute approximate surface area is 178 Å². The zero-order chi connectivity index (χ0) is 21.4. The van der Waals surface area contributed by atoms with Crippen molar-refractivity contribution in [2.45, 2.75) is 32.4 Å². The number of aryl methyl sites for hydroxylation is 1. The largest absolute Gasteiger partial charge is 0.451 e. The molecule has 1 atom stereocenters. The van der Waals surface area contributed by atoms with E-state index in [1.165, 1.54) is 0 Å². The van der Waals surface area contributed by atoms with Crippen LogP contribution in [0, 0.1) is 6.92 Å². The van der Waals surface area contributed by atoms with E-state index in [9.17, 15) is 9.59 Å². The Morgan fingerprint density at radius 2 is 1.94 bits per heavy atom. The lowest BCUT2D eigenvalue weighted by Crippen LogP contribution is -2.38. The number of benzene rings is 2. The fourth-order valence-electron chi connectivity index (χ4n) is 4.17. The van der Waals surface area contributed by atoms with Gasteiger partial charge in [-0.15, -0.1) is 0 Å². The summed E-state index contributed by atoms with van der Waals surface area (Å²) in [5, 5.41) is 1.44. The minimum Gasteiger partial charge on any atom is -0.451 e. The predicted molar refractivity (Wildman–Crippen MR) is 117 cm³/mol.